The highest BCUT2D eigenvalue weighted by molar-refractivity contribution is 5.82. The summed E-state index contributed by atoms with van der Waals surface area (Å²) < 4.78 is 0. The Hall–Kier alpha value is -2.09. The minimum Gasteiger partial charge on any atom is -0.268 e. The van der Waals surface area contributed by atoms with Gasteiger partial charge in [0, 0.05) is 10.6 Å². The summed E-state index contributed by atoms with van der Waals surface area (Å²) in [6.45, 7) is 6.04. The second kappa shape index (κ2) is 6.57. The zero-order valence-corrected chi connectivity index (χ0v) is 13.8. The molecule has 2 aliphatic carbocycles. The third kappa shape index (κ3) is 3.03. The van der Waals surface area contributed by atoms with Gasteiger partial charge in [0.2, 0.25) is 0 Å². The summed E-state index contributed by atoms with van der Waals surface area (Å²) in [6, 6.07) is 0. The lowest BCUT2D eigenvalue weighted by atomic mass is 9.59. The number of carbonyl (C=O) groups is 1. The molecule has 4 atom stereocenters. The topological polar surface area (TPSA) is 75.9 Å². The smallest absolute Gasteiger partial charge is 0.268 e. The van der Waals surface area contributed by atoms with E-state index in [1.165, 1.54) is 0 Å². The summed E-state index contributed by atoms with van der Waals surface area (Å²) in [5, 5.41) is 5.96. The Labute approximate surface area is 136 Å². The molecular weight excluding hydrogens is 292 g/mol. The second-order valence-corrected chi connectivity index (χ2v) is 7.06. The number of rotatable bonds is 2. The van der Waals surface area contributed by atoms with Crippen LogP contribution in [0.4, 0.5) is 0 Å². The Balaban J connectivity index is 2.38. The molecule has 0 bridgehead atoms. The van der Waals surface area contributed by atoms with Crippen molar-refractivity contribution in [2.24, 2.45) is 33.5 Å². The molecule has 0 radical (unpaired) electrons. The van der Waals surface area contributed by atoms with E-state index in [9.17, 15) is 14.6 Å². The molecule has 0 aromatic carbocycles. The maximum atomic E-state index is 11.7. The van der Waals surface area contributed by atoms with Crippen molar-refractivity contribution < 1.29 is 4.79 Å². The molecule has 1 amide bonds. The molecule has 23 heavy (non-hydrogen) atoms. The maximum absolute atomic E-state index is 11.7. The predicted octanol–water partition coefficient (Wildman–Crippen LogP) is 3.99. The van der Waals surface area contributed by atoms with Crippen molar-refractivity contribution in [3.05, 3.63) is 34.1 Å². The molecular formula is C18H22N2O3. The number of allylic oxidation sites excluding steroid dienone is 3. The number of hydrogen-bond donors (Lipinski definition) is 0. The minimum atomic E-state index is -0.970. The maximum Gasteiger partial charge on any atom is 0.294 e. The monoisotopic (exact) mass is 314 g/mol. The lowest BCUT2D eigenvalue weighted by Crippen LogP contribution is -2.49. The highest BCUT2D eigenvalue weighted by Crippen LogP contribution is 2.49. The van der Waals surface area contributed by atoms with Crippen molar-refractivity contribution in [2.45, 2.75) is 45.6 Å². The molecule has 5 nitrogen and oxygen atoms in total. The molecule has 0 N–H and O–H groups in total. The van der Waals surface area contributed by atoms with Gasteiger partial charge in [-0.05, 0) is 23.9 Å². The first-order valence-electron chi connectivity index (χ1n) is 7.97. The van der Waals surface area contributed by atoms with Crippen LogP contribution in [0.5, 0.6) is 0 Å². The summed E-state index contributed by atoms with van der Waals surface area (Å²) >= 11 is 0. The van der Waals surface area contributed by atoms with Crippen LogP contribution in [-0.4, -0.2) is 11.4 Å². The highest BCUT2D eigenvalue weighted by atomic mass is 16.3. The number of carbonyl (C=O) groups excluding carboxylic acids is 1. The predicted molar refractivity (Wildman–Crippen MR) is 89.2 cm³/mol. The zero-order valence-electron chi connectivity index (χ0n) is 13.8. The first-order valence-corrected chi connectivity index (χ1v) is 7.97. The van der Waals surface area contributed by atoms with Crippen molar-refractivity contribution in [3.8, 4) is 11.8 Å². The van der Waals surface area contributed by atoms with Crippen LogP contribution in [-0.2, 0) is 4.79 Å². The van der Waals surface area contributed by atoms with E-state index >= 15 is 0 Å². The normalized spacial score (nSPS) is 35.0. The second-order valence-electron chi connectivity index (χ2n) is 7.06. The largest absolute Gasteiger partial charge is 0.294 e. The standard InChI is InChI=1S/C18H22N2O3/c1-13-7-6-11-17(2,3)18(13,20-23)12-10-14-8-4-5-9-15(14)16(21)19-22/h4-5,8-9,13-15H,6-7,11H2,1-3H3. The third-order valence-corrected chi connectivity index (χ3v) is 5.27. The van der Waals surface area contributed by atoms with Crippen molar-refractivity contribution in [2.75, 3.05) is 0 Å². The van der Waals surface area contributed by atoms with E-state index in [4.69, 9.17) is 0 Å². The Morgan fingerprint density at radius 3 is 2.52 bits per heavy atom. The van der Waals surface area contributed by atoms with Gasteiger partial charge >= 0.3 is 0 Å². The van der Waals surface area contributed by atoms with Gasteiger partial charge < -0.3 is 0 Å². The van der Waals surface area contributed by atoms with Crippen molar-refractivity contribution in [3.63, 3.8) is 0 Å². The molecule has 0 spiro atoms. The van der Waals surface area contributed by atoms with Crippen molar-refractivity contribution in [1.82, 2.24) is 0 Å². The summed E-state index contributed by atoms with van der Waals surface area (Å²) in [5.74, 6) is 4.30. The van der Waals surface area contributed by atoms with Crippen LogP contribution in [0, 0.1) is 44.8 Å². The third-order valence-electron chi connectivity index (χ3n) is 5.27. The van der Waals surface area contributed by atoms with Gasteiger partial charge in [-0.1, -0.05) is 63.3 Å². The van der Waals surface area contributed by atoms with E-state index in [1.807, 2.05) is 20.8 Å². The van der Waals surface area contributed by atoms with Gasteiger partial charge in [0.25, 0.3) is 5.91 Å². The molecule has 0 aromatic rings. The Bertz CT molecular complexity index is 624. The van der Waals surface area contributed by atoms with Crippen LogP contribution < -0.4 is 0 Å². The van der Waals surface area contributed by atoms with E-state index in [-0.39, 0.29) is 11.3 Å². The molecule has 0 heterocycles. The highest BCUT2D eigenvalue weighted by Gasteiger charge is 2.52. The minimum absolute atomic E-state index is 0.0534. The molecule has 2 rings (SSSR count). The van der Waals surface area contributed by atoms with Crippen LogP contribution in [0.1, 0.15) is 40.0 Å². The SMILES string of the molecule is CC1CCCC(C)(C)C1(C#CC1C=CC=CC1C(=O)N=O)N=O. The zero-order chi connectivity index (χ0) is 17.1. The van der Waals surface area contributed by atoms with Crippen LogP contribution in [0.2, 0.25) is 0 Å². The molecule has 1 fully saturated rings. The van der Waals surface area contributed by atoms with Crippen molar-refractivity contribution in [1.29, 1.82) is 0 Å². The van der Waals surface area contributed by atoms with Crippen LogP contribution in [0.25, 0.3) is 0 Å². The van der Waals surface area contributed by atoms with Gasteiger partial charge in [0.15, 0.2) is 5.54 Å². The van der Waals surface area contributed by atoms with Gasteiger partial charge in [-0.2, -0.15) is 0 Å². The van der Waals surface area contributed by atoms with Gasteiger partial charge in [-0.15, -0.1) is 9.81 Å². The van der Waals surface area contributed by atoms with E-state index in [0.29, 0.717) is 0 Å². The lowest BCUT2D eigenvalue weighted by Gasteiger charge is -2.45. The fraction of sp³-hybridized carbons (Fsp3) is 0.611. The molecule has 4 unspecified atom stereocenters. The number of nitrogens with zero attached hydrogens (tertiary/aromatic N) is 2. The van der Waals surface area contributed by atoms with E-state index in [2.05, 4.69) is 22.2 Å². The first-order chi connectivity index (χ1) is 10.9. The van der Waals surface area contributed by atoms with E-state index in [1.54, 1.807) is 24.3 Å². The molecule has 1 saturated carbocycles. The van der Waals surface area contributed by atoms with E-state index in [0.717, 1.165) is 19.3 Å². The molecule has 122 valence electrons. The van der Waals surface area contributed by atoms with Gasteiger partial charge in [-0.25, -0.2) is 0 Å². The van der Waals surface area contributed by atoms with Crippen LogP contribution in [0.15, 0.2) is 34.7 Å². The number of hydrogen-bond acceptors (Lipinski definition) is 4. The molecule has 0 saturated heterocycles. The summed E-state index contributed by atoms with van der Waals surface area (Å²) in [5.41, 5.74) is -1.29. The quantitative estimate of drug-likeness (QED) is 0.571. The summed E-state index contributed by atoms with van der Waals surface area (Å²) in [4.78, 5) is 33.9. The Kier molecular flexibility index (Phi) is 4.93. The van der Waals surface area contributed by atoms with Gasteiger partial charge in [0.1, 0.15) is 0 Å². The summed E-state index contributed by atoms with van der Waals surface area (Å²) in [7, 11) is 0. The van der Waals surface area contributed by atoms with Gasteiger partial charge in [0.05, 0.1) is 11.8 Å². The fourth-order valence-corrected chi connectivity index (χ4v) is 3.68. The van der Waals surface area contributed by atoms with Crippen molar-refractivity contribution >= 4 is 5.91 Å². The fourth-order valence-electron chi connectivity index (χ4n) is 3.68. The lowest BCUT2D eigenvalue weighted by molar-refractivity contribution is -0.120. The van der Waals surface area contributed by atoms with Gasteiger partial charge in [-0.3, -0.25) is 4.79 Å². The molecule has 0 aliphatic heterocycles. The van der Waals surface area contributed by atoms with E-state index < -0.39 is 23.3 Å². The summed E-state index contributed by atoms with van der Waals surface area (Å²) in [6.07, 6.45) is 9.71. The number of amides is 1. The first kappa shape index (κ1) is 17.3. The molecule has 0 aromatic heterocycles. The number of nitroso groups, excluding NO2 is 2. The Morgan fingerprint density at radius 2 is 1.91 bits per heavy atom. The molecule has 5 heteroatoms. The van der Waals surface area contributed by atoms with Crippen LogP contribution >= 0.6 is 0 Å². The average Bonchev–Trinajstić information content (AvgIpc) is 2.54. The van der Waals surface area contributed by atoms with Crippen LogP contribution in [0.3, 0.4) is 0 Å². The molecule has 2 aliphatic rings. The average molecular weight is 314 g/mol. The Morgan fingerprint density at radius 1 is 1.22 bits per heavy atom.